The van der Waals surface area contributed by atoms with Crippen LogP contribution >= 0.6 is 0 Å². The largest absolute Gasteiger partial charge is 0.492 e. The van der Waals surface area contributed by atoms with Gasteiger partial charge in [0.15, 0.2) is 5.43 Å². The van der Waals surface area contributed by atoms with Crippen LogP contribution in [0.1, 0.15) is 41.4 Å². The van der Waals surface area contributed by atoms with Crippen LogP contribution in [0.2, 0.25) is 0 Å². The van der Waals surface area contributed by atoms with Crippen molar-refractivity contribution in [2.24, 2.45) is 5.92 Å². The van der Waals surface area contributed by atoms with Crippen LogP contribution in [0.3, 0.4) is 0 Å². The molecule has 0 bridgehead atoms. The molecule has 0 amide bonds. The molecule has 29 heavy (non-hydrogen) atoms. The lowest BCUT2D eigenvalue weighted by Gasteiger charge is -2.34. The fourth-order valence-corrected chi connectivity index (χ4v) is 4.50. The van der Waals surface area contributed by atoms with Gasteiger partial charge in [0, 0.05) is 35.9 Å². The number of ether oxygens (including phenoxy) is 1. The summed E-state index contributed by atoms with van der Waals surface area (Å²) < 4.78 is 13.4. The van der Waals surface area contributed by atoms with Gasteiger partial charge >= 0.3 is 5.97 Å². The van der Waals surface area contributed by atoms with Gasteiger partial charge in [-0.3, -0.25) is 4.79 Å². The van der Waals surface area contributed by atoms with Gasteiger partial charge in [-0.15, -0.1) is 0 Å². The van der Waals surface area contributed by atoms with E-state index in [1.165, 1.54) is 18.5 Å². The van der Waals surface area contributed by atoms with Gasteiger partial charge in [-0.1, -0.05) is 13.8 Å². The third kappa shape index (κ3) is 2.61. The van der Waals surface area contributed by atoms with Gasteiger partial charge in [0.1, 0.15) is 17.6 Å². The van der Waals surface area contributed by atoms with Gasteiger partial charge in [0.05, 0.1) is 24.1 Å². The quantitative estimate of drug-likeness (QED) is 0.732. The topological polar surface area (TPSA) is 94.6 Å². The Bertz CT molecular complexity index is 1190. The van der Waals surface area contributed by atoms with Crippen LogP contribution in [0.4, 0.5) is 0 Å². The number of carbonyl (C=O) groups is 1. The molecule has 5 rings (SSSR count). The highest BCUT2D eigenvalue weighted by atomic mass is 16.5. The minimum Gasteiger partial charge on any atom is -0.492 e. The molecule has 0 saturated carbocycles. The monoisotopic (exact) mass is 392 g/mol. The molecule has 0 fully saturated rings. The number of carboxylic acids is 1. The zero-order valence-electron chi connectivity index (χ0n) is 16.1. The molecule has 148 valence electrons. The van der Waals surface area contributed by atoms with Gasteiger partial charge in [-0.2, -0.15) is 0 Å². The van der Waals surface area contributed by atoms with E-state index in [1.54, 1.807) is 6.20 Å². The van der Waals surface area contributed by atoms with Crippen molar-refractivity contribution in [1.29, 1.82) is 0 Å². The van der Waals surface area contributed by atoms with Crippen molar-refractivity contribution < 1.29 is 19.1 Å². The molecule has 1 atom stereocenters. The lowest BCUT2D eigenvalue weighted by molar-refractivity contribution is 0.0694. The summed E-state index contributed by atoms with van der Waals surface area (Å²) in [5, 5.41) is 9.43. The minimum absolute atomic E-state index is 0.0361. The molecular formula is C22H20N2O5. The number of hydrogen-bond acceptors (Lipinski definition) is 5. The fourth-order valence-electron chi connectivity index (χ4n) is 4.50. The lowest BCUT2D eigenvalue weighted by Crippen LogP contribution is -2.28. The summed E-state index contributed by atoms with van der Waals surface area (Å²) in [4.78, 5) is 28.4. The molecular weight excluding hydrogens is 372 g/mol. The van der Waals surface area contributed by atoms with E-state index in [0.717, 1.165) is 40.1 Å². The first kappa shape index (κ1) is 17.7. The molecule has 0 saturated heterocycles. The summed E-state index contributed by atoms with van der Waals surface area (Å²) in [5.41, 5.74) is 3.98. The van der Waals surface area contributed by atoms with Gasteiger partial charge in [0.2, 0.25) is 5.89 Å². The molecule has 4 heterocycles. The van der Waals surface area contributed by atoms with E-state index in [4.69, 9.17) is 9.15 Å². The average Bonchev–Trinajstić information content (AvgIpc) is 3.37. The summed E-state index contributed by atoms with van der Waals surface area (Å²) in [5.74, 6) is 0.291. The van der Waals surface area contributed by atoms with E-state index in [1.807, 2.05) is 10.6 Å². The van der Waals surface area contributed by atoms with Crippen molar-refractivity contribution in [2.45, 2.75) is 32.7 Å². The second-order valence-electron chi connectivity index (χ2n) is 7.87. The van der Waals surface area contributed by atoms with Gasteiger partial charge < -0.3 is 18.8 Å². The SMILES string of the molecule is CC(C)C1Cc2cc(-c3ncco3)c3c(c2-c2cc(=O)c(C(=O)O)cn21)CCO3. The Morgan fingerprint density at radius 1 is 1.34 bits per heavy atom. The van der Waals surface area contributed by atoms with E-state index in [0.29, 0.717) is 18.9 Å². The number of hydrogen-bond donors (Lipinski definition) is 1. The lowest BCUT2D eigenvalue weighted by atomic mass is 9.83. The number of pyridine rings is 1. The fraction of sp³-hybridized carbons (Fsp3) is 0.318. The summed E-state index contributed by atoms with van der Waals surface area (Å²) >= 11 is 0. The Labute approximate surface area is 166 Å². The maximum Gasteiger partial charge on any atom is 0.341 e. The summed E-state index contributed by atoms with van der Waals surface area (Å²) in [6, 6.07) is 3.54. The van der Waals surface area contributed by atoms with Crippen molar-refractivity contribution in [3.05, 3.63) is 57.7 Å². The Kier molecular flexibility index (Phi) is 3.87. The number of rotatable bonds is 3. The van der Waals surface area contributed by atoms with Gasteiger partial charge in [-0.25, -0.2) is 9.78 Å². The zero-order chi connectivity index (χ0) is 20.3. The molecule has 2 aliphatic rings. The highest BCUT2D eigenvalue weighted by Crippen LogP contribution is 2.48. The maximum atomic E-state index is 12.5. The third-order valence-electron chi connectivity index (χ3n) is 5.84. The molecule has 1 aromatic carbocycles. The van der Waals surface area contributed by atoms with E-state index in [2.05, 4.69) is 18.8 Å². The van der Waals surface area contributed by atoms with Crippen molar-refractivity contribution in [1.82, 2.24) is 9.55 Å². The van der Waals surface area contributed by atoms with E-state index in [-0.39, 0.29) is 17.5 Å². The summed E-state index contributed by atoms with van der Waals surface area (Å²) in [6.45, 7) is 4.75. The highest BCUT2D eigenvalue weighted by Gasteiger charge is 2.34. The first-order valence-corrected chi connectivity index (χ1v) is 9.67. The van der Waals surface area contributed by atoms with Crippen LogP contribution in [0.25, 0.3) is 22.7 Å². The number of aromatic carboxylic acids is 1. The molecule has 2 aromatic heterocycles. The standard InChI is InChI=1S/C22H20N2O5/c1-11(2)16-8-12-7-14(21-23-4-6-29-21)20-13(3-5-28-20)19(12)17-9-18(25)15(22(26)27)10-24(16)17/h4,6-7,9-11,16H,3,5,8H2,1-2H3,(H,26,27). The van der Waals surface area contributed by atoms with Crippen molar-refractivity contribution in [3.63, 3.8) is 0 Å². The zero-order valence-corrected chi connectivity index (χ0v) is 16.1. The van der Waals surface area contributed by atoms with E-state index in [9.17, 15) is 14.7 Å². The van der Waals surface area contributed by atoms with Gasteiger partial charge in [-0.05, 0) is 24.0 Å². The molecule has 0 radical (unpaired) electrons. The van der Waals surface area contributed by atoms with Gasteiger partial charge in [0.25, 0.3) is 0 Å². The Hall–Kier alpha value is -3.35. The second kappa shape index (κ2) is 6.34. The molecule has 1 N–H and O–H groups in total. The number of oxazole rings is 1. The molecule has 0 aliphatic carbocycles. The number of carboxylic acid groups (broad SMARTS) is 1. The van der Waals surface area contributed by atoms with Crippen LogP contribution in [0.15, 0.2) is 40.0 Å². The number of aromatic nitrogens is 2. The predicted octanol–water partition coefficient (Wildman–Crippen LogP) is 3.56. The second-order valence-corrected chi connectivity index (χ2v) is 7.87. The van der Waals surface area contributed by atoms with E-state index >= 15 is 0 Å². The molecule has 7 heteroatoms. The Morgan fingerprint density at radius 2 is 2.17 bits per heavy atom. The molecule has 1 unspecified atom stereocenters. The predicted molar refractivity (Wildman–Crippen MR) is 105 cm³/mol. The third-order valence-corrected chi connectivity index (χ3v) is 5.84. The average molecular weight is 392 g/mol. The normalized spacial score (nSPS) is 16.9. The van der Waals surface area contributed by atoms with E-state index < -0.39 is 11.4 Å². The Morgan fingerprint density at radius 3 is 2.86 bits per heavy atom. The van der Waals surface area contributed by atoms with Crippen LogP contribution in [0, 0.1) is 5.92 Å². The summed E-state index contributed by atoms with van der Waals surface area (Å²) in [7, 11) is 0. The van der Waals surface area contributed by atoms with Crippen molar-refractivity contribution >= 4 is 5.97 Å². The maximum absolute atomic E-state index is 12.5. The van der Waals surface area contributed by atoms with Crippen molar-refractivity contribution in [2.75, 3.05) is 6.61 Å². The first-order valence-electron chi connectivity index (χ1n) is 9.67. The van der Waals surface area contributed by atoms with Crippen LogP contribution in [0.5, 0.6) is 5.75 Å². The highest BCUT2D eigenvalue weighted by molar-refractivity contribution is 5.88. The number of benzene rings is 1. The van der Waals surface area contributed by atoms with Crippen LogP contribution in [-0.4, -0.2) is 27.2 Å². The smallest absolute Gasteiger partial charge is 0.341 e. The van der Waals surface area contributed by atoms with Crippen LogP contribution in [-0.2, 0) is 12.8 Å². The number of fused-ring (bicyclic) bond motifs is 5. The first-order chi connectivity index (χ1) is 14.0. The summed E-state index contributed by atoms with van der Waals surface area (Å²) in [6.07, 6.45) is 6.08. The molecule has 2 aliphatic heterocycles. The number of nitrogens with zero attached hydrogens (tertiary/aromatic N) is 2. The van der Waals surface area contributed by atoms with Crippen LogP contribution < -0.4 is 10.2 Å². The minimum atomic E-state index is -1.20. The molecule has 7 nitrogen and oxygen atoms in total. The molecule has 0 spiro atoms. The Balaban J connectivity index is 1.82. The van der Waals surface area contributed by atoms with Crippen molar-refractivity contribution in [3.8, 4) is 28.5 Å². The molecule has 3 aromatic rings.